The largest absolute Gasteiger partial charge is 0.425 e. The van der Waals surface area contributed by atoms with Crippen LogP contribution in [0.2, 0.25) is 0 Å². The number of fused-ring (bicyclic) bond motifs is 1. The summed E-state index contributed by atoms with van der Waals surface area (Å²) in [5, 5.41) is 3.91. The molecule has 0 saturated carbocycles. The standard InChI is InChI=1S/C22H17F3N4O3S/c1-11-3-7-13(8-4-11)17(30)28-21(22(23,24)25)15-16(26-19(21)32)29(20(33)27-18(15)31)14-9-5-12(2)6-10-14/h3-10H,1-2H3,(H,26,32)(H,28,30)(H,27,31,33). The van der Waals surface area contributed by atoms with Crippen molar-refractivity contribution in [3.8, 4) is 5.69 Å². The molecule has 0 saturated heterocycles. The van der Waals surface area contributed by atoms with Gasteiger partial charge >= 0.3 is 6.18 Å². The fourth-order valence-electron chi connectivity index (χ4n) is 3.67. The van der Waals surface area contributed by atoms with Crippen molar-refractivity contribution in [3.05, 3.63) is 85.9 Å². The minimum absolute atomic E-state index is 0.104. The number of H-pyrrole nitrogens is 1. The number of alkyl halides is 3. The Balaban J connectivity index is 1.96. The Bertz CT molecular complexity index is 1390. The molecule has 0 spiro atoms. The summed E-state index contributed by atoms with van der Waals surface area (Å²) in [7, 11) is 0. The molecule has 1 aliphatic rings. The smallest absolute Gasteiger partial charge is 0.326 e. The van der Waals surface area contributed by atoms with Gasteiger partial charge < -0.3 is 10.6 Å². The Morgan fingerprint density at radius 3 is 2.09 bits per heavy atom. The highest BCUT2D eigenvalue weighted by Gasteiger charge is 2.68. The molecule has 11 heteroatoms. The molecular formula is C22H17F3N4O3S. The van der Waals surface area contributed by atoms with Crippen LogP contribution in [0.25, 0.3) is 5.69 Å². The Labute approximate surface area is 190 Å². The third-order valence-corrected chi connectivity index (χ3v) is 5.68. The van der Waals surface area contributed by atoms with Crippen LogP contribution in [-0.4, -0.2) is 27.5 Å². The van der Waals surface area contributed by atoms with Gasteiger partial charge in [0.05, 0.1) is 0 Å². The first kappa shape index (κ1) is 22.5. The van der Waals surface area contributed by atoms with E-state index in [2.05, 4.69) is 10.3 Å². The predicted molar refractivity (Wildman–Crippen MR) is 117 cm³/mol. The number of benzene rings is 2. The van der Waals surface area contributed by atoms with E-state index in [1.54, 1.807) is 48.6 Å². The molecule has 1 aromatic heterocycles. The highest BCUT2D eigenvalue weighted by molar-refractivity contribution is 7.71. The van der Waals surface area contributed by atoms with Gasteiger partial charge in [-0.3, -0.25) is 23.9 Å². The van der Waals surface area contributed by atoms with Crippen LogP contribution in [0.5, 0.6) is 0 Å². The molecule has 0 aliphatic carbocycles. The average Bonchev–Trinajstić information content (AvgIpc) is 3.03. The van der Waals surface area contributed by atoms with Gasteiger partial charge in [0.15, 0.2) is 4.77 Å². The molecule has 0 bridgehead atoms. The minimum Gasteiger partial charge on any atom is -0.326 e. The van der Waals surface area contributed by atoms with Gasteiger partial charge in [-0.1, -0.05) is 35.4 Å². The number of aryl methyl sites for hydroxylation is 2. The molecule has 3 aromatic rings. The lowest BCUT2D eigenvalue weighted by atomic mass is 9.91. The molecule has 2 aromatic carbocycles. The zero-order valence-electron chi connectivity index (χ0n) is 17.3. The number of anilines is 1. The van der Waals surface area contributed by atoms with Gasteiger partial charge in [0.2, 0.25) is 0 Å². The van der Waals surface area contributed by atoms with E-state index in [0.29, 0.717) is 5.69 Å². The van der Waals surface area contributed by atoms with Crippen LogP contribution < -0.4 is 16.2 Å². The number of amides is 2. The van der Waals surface area contributed by atoms with Crippen molar-refractivity contribution in [2.45, 2.75) is 25.6 Å². The number of nitrogens with zero attached hydrogens (tertiary/aromatic N) is 1. The van der Waals surface area contributed by atoms with Crippen LogP contribution >= 0.6 is 12.2 Å². The fourth-order valence-corrected chi connectivity index (χ4v) is 3.96. The monoisotopic (exact) mass is 474 g/mol. The quantitative estimate of drug-likeness (QED) is 0.505. The summed E-state index contributed by atoms with van der Waals surface area (Å²) in [6.45, 7) is 3.56. The Hall–Kier alpha value is -3.73. The maximum atomic E-state index is 14.5. The van der Waals surface area contributed by atoms with E-state index in [-0.39, 0.29) is 10.3 Å². The van der Waals surface area contributed by atoms with Crippen molar-refractivity contribution >= 4 is 29.9 Å². The zero-order chi connectivity index (χ0) is 24.1. The summed E-state index contributed by atoms with van der Waals surface area (Å²) in [4.78, 5) is 40.6. The van der Waals surface area contributed by atoms with E-state index in [1.807, 2.05) is 6.92 Å². The SMILES string of the molecule is Cc1ccc(C(=O)NC2(C(F)(F)F)C(=O)Nc3c2c(=O)[nH]c(=S)n3-c2ccc(C)cc2)cc1. The Kier molecular flexibility index (Phi) is 5.24. The van der Waals surface area contributed by atoms with Crippen LogP contribution in [0.1, 0.15) is 27.0 Å². The van der Waals surface area contributed by atoms with Crippen molar-refractivity contribution in [1.29, 1.82) is 0 Å². The van der Waals surface area contributed by atoms with Crippen molar-refractivity contribution < 1.29 is 22.8 Å². The molecule has 2 amide bonds. The van der Waals surface area contributed by atoms with Gasteiger partial charge in [-0.25, -0.2) is 0 Å². The van der Waals surface area contributed by atoms with E-state index in [0.717, 1.165) is 15.7 Å². The molecule has 1 atom stereocenters. The fraction of sp³-hybridized carbons (Fsp3) is 0.182. The summed E-state index contributed by atoms with van der Waals surface area (Å²) in [6.07, 6.45) is -5.34. The molecule has 1 unspecified atom stereocenters. The number of aromatic nitrogens is 2. The summed E-state index contributed by atoms with van der Waals surface area (Å²) in [5.74, 6) is -3.24. The summed E-state index contributed by atoms with van der Waals surface area (Å²) >= 11 is 5.17. The molecule has 3 N–H and O–H groups in total. The third-order valence-electron chi connectivity index (χ3n) is 5.39. The first-order valence-electron chi connectivity index (χ1n) is 9.70. The second kappa shape index (κ2) is 7.69. The highest BCUT2D eigenvalue weighted by atomic mass is 32.1. The molecule has 0 radical (unpaired) electrons. The van der Waals surface area contributed by atoms with Gasteiger partial charge in [-0.2, -0.15) is 13.2 Å². The lowest BCUT2D eigenvalue weighted by molar-refractivity contribution is -0.196. The summed E-state index contributed by atoms with van der Waals surface area (Å²) in [5.41, 5.74) is -3.96. The first-order chi connectivity index (χ1) is 15.5. The van der Waals surface area contributed by atoms with E-state index in [1.165, 1.54) is 12.1 Å². The topological polar surface area (TPSA) is 96.0 Å². The minimum atomic E-state index is -5.34. The first-order valence-corrected chi connectivity index (χ1v) is 10.1. The number of nitrogens with one attached hydrogen (secondary N) is 3. The third kappa shape index (κ3) is 3.54. The van der Waals surface area contributed by atoms with Gasteiger partial charge in [0.25, 0.3) is 22.9 Å². The molecule has 4 rings (SSSR count). The molecule has 2 heterocycles. The molecule has 0 fully saturated rings. The maximum absolute atomic E-state index is 14.5. The van der Waals surface area contributed by atoms with Gasteiger partial charge in [0.1, 0.15) is 11.4 Å². The molecule has 170 valence electrons. The van der Waals surface area contributed by atoms with Crippen molar-refractivity contribution in [1.82, 2.24) is 14.9 Å². The average molecular weight is 474 g/mol. The Morgan fingerprint density at radius 1 is 1.00 bits per heavy atom. The number of carbonyl (C=O) groups excluding carboxylic acids is 2. The van der Waals surface area contributed by atoms with E-state index >= 15 is 0 Å². The van der Waals surface area contributed by atoms with Gasteiger partial charge in [-0.05, 0) is 50.3 Å². The second-order valence-corrected chi connectivity index (χ2v) is 8.06. The lowest BCUT2D eigenvalue weighted by Crippen LogP contribution is -2.61. The van der Waals surface area contributed by atoms with Crippen LogP contribution in [0.15, 0.2) is 53.3 Å². The molecule has 33 heavy (non-hydrogen) atoms. The maximum Gasteiger partial charge on any atom is 0.425 e. The summed E-state index contributed by atoms with van der Waals surface area (Å²) in [6, 6.07) is 12.3. The second-order valence-electron chi connectivity index (χ2n) is 7.68. The zero-order valence-corrected chi connectivity index (χ0v) is 18.1. The summed E-state index contributed by atoms with van der Waals surface area (Å²) < 4.78 is 44.4. The predicted octanol–water partition coefficient (Wildman–Crippen LogP) is 3.65. The van der Waals surface area contributed by atoms with Crippen molar-refractivity contribution in [2.75, 3.05) is 5.32 Å². The number of hydrogen-bond acceptors (Lipinski definition) is 4. The number of aromatic amines is 1. The van der Waals surface area contributed by atoms with Crippen molar-refractivity contribution in [3.63, 3.8) is 0 Å². The number of carbonyl (C=O) groups is 2. The van der Waals surface area contributed by atoms with Crippen LogP contribution in [0.3, 0.4) is 0 Å². The van der Waals surface area contributed by atoms with Crippen LogP contribution in [-0.2, 0) is 10.3 Å². The van der Waals surface area contributed by atoms with E-state index < -0.39 is 40.5 Å². The number of halogens is 3. The molecule has 7 nitrogen and oxygen atoms in total. The van der Waals surface area contributed by atoms with Crippen LogP contribution in [0.4, 0.5) is 19.0 Å². The Morgan fingerprint density at radius 2 is 1.55 bits per heavy atom. The highest BCUT2D eigenvalue weighted by Crippen LogP contribution is 2.46. The van der Waals surface area contributed by atoms with Crippen molar-refractivity contribution in [2.24, 2.45) is 0 Å². The number of hydrogen-bond donors (Lipinski definition) is 3. The normalized spacial score (nSPS) is 17.4. The number of rotatable bonds is 3. The van der Waals surface area contributed by atoms with Gasteiger partial charge in [-0.15, -0.1) is 0 Å². The van der Waals surface area contributed by atoms with E-state index in [4.69, 9.17) is 12.2 Å². The molecular weight excluding hydrogens is 457 g/mol. The lowest BCUT2D eigenvalue weighted by Gasteiger charge is -2.30. The van der Waals surface area contributed by atoms with Gasteiger partial charge in [0, 0.05) is 11.3 Å². The van der Waals surface area contributed by atoms with E-state index in [9.17, 15) is 27.6 Å². The molecule has 1 aliphatic heterocycles. The van der Waals surface area contributed by atoms with Crippen LogP contribution in [0, 0.1) is 18.6 Å².